The van der Waals surface area contributed by atoms with Gasteiger partial charge in [0, 0.05) is 13.1 Å². The number of anilines is 1. The molecule has 0 spiro atoms. The fraction of sp³-hybridized carbons (Fsp3) is 0.455. The van der Waals surface area contributed by atoms with Crippen molar-refractivity contribution in [3.05, 3.63) is 17.7 Å². The van der Waals surface area contributed by atoms with Gasteiger partial charge in [-0.15, -0.1) is 0 Å². The van der Waals surface area contributed by atoms with Crippen LogP contribution in [0.3, 0.4) is 0 Å². The van der Waals surface area contributed by atoms with Gasteiger partial charge >= 0.3 is 0 Å². The summed E-state index contributed by atoms with van der Waals surface area (Å²) in [6, 6.07) is 3.71. The Morgan fingerprint density at radius 2 is 1.93 bits per heavy atom. The Hall–Kier alpha value is -1.42. The number of nitrogens with zero attached hydrogens (tertiary/aromatic N) is 1. The third-order valence-electron chi connectivity index (χ3n) is 2.29. The lowest BCUT2D eigenvalue weighted by Gasteiger charge is -2.22. The molecule has 0 saturated carbocycles. The zero-order chi connectivity index (χ0) is 11.4. The molecule has 0 aliphatic carbocycles. The van der Waals surface area contributed by atoms with Gasteiger partial charge in [0.05, 0.1) is 19.9 Å². The molecule has 1 aromatic carbocycles. The van der Waals surface area contributed by atoms with Gasteiger partial charge in [-0.3, -0.25) is 0 Å². The zero-order valence-corrected chi connectivity index (χ0v) is 9.57. The van der Waals surface area contributed by atoms with E-state index in [1.54, 1.807) is 32.2 Å². The standard InChI is InChI=1S/C11H17NO3/c1-8-5-9(14-3)6-10(15-4)11(8)12(2)7-13/h5-6,13H,7H2,1-4H3. The Morgan fingerprint density at radius 3 is 2.40 bits per heavy atom. The normalized spacial score (nSPS) is 9.93. The van der Waals surface area contributed by atoms with Crippen molar-refractivity contribution in [2.24, 2.45) is 0 Å². The molecule has 4 nitrogen and oxygen atoms in total. The SMILES string of the molecule is COc1cc(C)c(N(C)CO)c(OC)c1. The Bertz CT molecular complexity index is 339. The Labute approximate surface area is 90.0 Å². The molecule has 0 fully saturated rings. The summed E-state index contributed by atoms with van der Waals surface area (Å²) in [5.74, 6) is 1.45. The molecule has 0 aliphatic rings. The summed E-state index contributed by atoms with van der Waals surface area (Å²) >= 11 is 0. The average molecular weight is 211 g/mol. The van der Waals surface area contributed by atoms with Gasteiger partial charge in [0.15, 0.2) is 0 Å². The minimum atomic E-state index is -0.0521. The molecule has 84 valence electrons. The first kappa shape index (κ1) is 11.7. The van der Waals surface area contributed by atoms with Crippen LogP contribution in [0.15, 0.2) is 12.1 Å². The second kappa shape index (κ2) is 4.89. The maximum absolute atomic E-state index is 9.10. The van der Waals surface area contributed by atoms with Crippen molar-refractivity contribution in [2.45, 2.75) is 6.92 Å². The first-order valence-electron chi connectivity index (χ1n) is 4.68. The quantitative estimate of drug-likeness (QED) is 0.764. The Kier molecular flexibility index (Phi) is 3.80. The van der Waals surface area contributed by atoms with E-state index in [1.165, 1.54) is 0 Å². The molecule has 0 aliphatic heterocycles. The number of rotatable bonds is 4. The van der Waals surface area contributed by atoms with Crippen molar-refractivity contribution < 1.29 is 14.6 Å². The molecule has 0 saturated heterocycles. The largest absolute Gasteiger partial charge is 0.497 e. The first-order chi connectivity index (χ1) is 7.13. The third kappa shape index (κ3) is 2.33. The van der Waals surface area contributed by atoms with Crippen molar-refractivity contribution >= 4 is 5.69 Å². The summed E-state index contributed by atoms with van der Waals surface area (Å²) in [6.07, 6.45) is 0. The molecular weight excluding hydrogens is 194 g/mol. The smallest absolute Gasteiger partial charge is 0.146 e. The van der Waals surface area contributed by atoms with Gasteiger partial charge in [-0.05, 0) is 18.6 Å². The van der Waals surface area contributed by atoms with Crippen LogP contribution in [0.1, 0.15) is 5.56 Å². The monoisotopic (exact) mass is 211 g/mol. The number of aliphatic hydroxyl groups is 1. The number of methoxy groups -OCH3 is 2. The minimum absolute atomic E-state index is 0.0521. The van der Waals surface area contributed by atoms with Crippen LogP contribution in [0.25, 0.3) is 0 Å². The summed E-state index contributed by atoms with van der Waals surface area (Å²) < 4.78 is 10.4. The van der Waals surface area contributed by atoms with Crippen LogP contribution in [0.5, 0.6) is 11.5 Å². The van der Waals surface area contributed by atoms with Gasteiger partial charge in [0.25, 0.3) is 0 Å². The van der Waals surface area contributed by atoms with Gasteiger partial charge in [0.1, 0.15) is 18.2 Å². The maximum atomic E-state index is 9.10. The van der Waals surface area contributed by atoms with Crippen LogP contribution in [0, 0.1) is 6.92 Å². The third-order valence-corrected chi connectivity index (χ3v) is 2.29. The van der Waals surface area contributed by atoms with E-state index in [0.29, 0.717) is 5.75 Å². The average Bonchev–Trinajstić information content (AvgIpc) is 2.26. The molecule has 15 heavy (non-hydrogen) atoms. The minimum Gasteiger partial charge on any atom is -0.497 e. The summed E-state index contributed by atoms with van der Waals surface area (Å²) in [6.45, 7) is 1.90. The van der Waals surface area contributed by atoms with Crippen LogP contribution < -0.4 is 14.4 Å². The maximum Gasteiger partial charge on any atom is 0.146 e. The molecule has 0 aromatic heterocycles. The van der Waals surface area contributed by atoms with Crippen molar-refractivity contribution in [1.29, 1.82) is 0 Å². The van der Waals surface area contributed by atoms with Gasteiger partial charge in [-0.1, -0.05) is 0 Å². The van der Waals surface area contributed by atoms with Gasteiger partial charge < -0.3 is 19.5 Å². The van der Waals surface area contributed by atoms with E-state index in [2.05, 4.69) is 0 Å². The molecule has 0 amide bonds. The van der Waals surface area contributed by atoms with Crippen LogP contribution in [-0.4, -0.2) is 33.1 Å². The summed E-state index contributed by atoms with van der Waals surface area (Å²) in [7, 11) is 5.02. The lowest BCUT2D eigenvalue weighted by atomic mass is 10.1. The van der Waals surface area contributed by atoms with Gasteiger partial charge in [0.2, 0.25) is 0 Å². The molecule has 4 heteroatoms. The number of benzene rings is 1. The van der Waals surface area contributed by atoms with Crippen molar-refractivity contribution in [2.75, 3.05) is 32.9 Å². The molecular formula is C11H17NO3. The van der Waals surface area contributed by atoms with E-state index in [-0.39, 0.29) is 6.73 Å². The number of hydrogen-bond acceptors (Lipinski definition) is 4. The highest BCUT2D eigenvalue weighted by molar-refractivity contribution is 5.65. The highest BCUT2D eigenvalue weighted by Crippen LogP contribution is 2.35. The predicted molar refractivity (Wildman–Crippen MR) is 59.8 cm³/mol. The van der Waals surface area contributed by atoms with E-state index >= 15 is 0 Å². The van der Waals surface area contributed by atoms with Crippen LogP contribution in [0.4, 0.5) is 5.69 Å². The van der Waals surface area contributed by atoms with Crippen LogP contribution >= 0.6 is 0 Å². The topological polar surface area (TPSA) is 41.9 Å². The number of aliphatic hydroxyl groups excluding tert-OH is 1. The second-order valence-corrected chi connectivity index (χ2v) is 3.33. The van der Waals surface area contributed by atoms with E-state index in [9.17, 15) is 0 Å². The summed E-state index contributed by atoms with van der Waals surface area (Å²) in [5.41, 5.74) is 1.88. The molecule has 0 bridgehead atoms. The van der Waals surface area contributed by atoms with Crippen LogP contribution in [-0.2, 0) is 0 Å². The second-order valence-electron chi connectivity index (χ2n) is 3.33. The van der Waals surface area contributed by atoms with Crippen molar-refractivity contribution in [3.63, 3.8) is 0 Å². The number of ether oxygens (including phenoxy) is 2. The molecule has 0 atom stereocenters. The Balaban J connectivity index is 3.24. The molecule has 1 N–H and O–H groups in total. The van der Waals surface area contributed by atoms with Crippen molar-refractivity contribution in [1.82, 2.24) is 0 Å². The number of hydrogen-bond donors (Lipinski definition) is 1. The fourth-order valence-corrected chi connectivity index (χ4v) is 1.55. The first-order valence-corrected chi connectivity index (χ1v) is 4.68. The lowest BCUT2D eigenvalue weighted by Crippen LogP contribution is -2.19. The van der Waals surface area contributed by atoms with Crippen molar-refractivity contribution in [3.8, 4) is 11.5 Å². The molecule has 0 heterocycles. The molecule has 1 aromatic rings. The summed E-state index contributed by atoms with van der Waals surface area (Å²) in [5, 5.41) is 9.10. The molecule has 0 unspecified atom stereocenters. The van der Waals surface area contributed by atoms with Crippen LogP contribution in [0.2, 0.25) is 0 Å². The number of aryl methyl sites for hydroxylation is 1. The van der Waals surface area contributed by atoms with Gasteiger partial charge in [-0.25, -0.2) is 0 Å². The van der Waals surface area contributed by atoms with Gasteiger partial charge in [-0.2, -0.15) is 0 Å². The highest BCUT2D eigenvalue weighted by Gasteiger charge is 2.12. The highest BCUT2D eigenvalue weighted by atomic mass is 16.5. The Morgan fingerprint density at radius 1 is 1.27 bits per heavy atom. The predicted octanol–water partition coefficient (Wildman–Crippen LogP) is 1.40. The lowest BCUT2D eigenvalue weighted by molar-refractivity contribution is 0.296. The van der Waals surface area contributed by atoms with E-state index in [0.717, 1.165) is 17.0 Å². The van der Waals surface area contributed by atoms with E-state index in [1.807, 2.05) is 13.0 Å². The summed E-state index contributed by atoms with van der Waals surface area (Å²) in [4.78, 5) is 1.72. The zero-order valence-electron chi connectivity index (χ0n) is 9.57. The van der Waals surface area contributed by atoms with E-state index < -0.39 is 0 Å². The molecule has 0 radical (unpaired) electrons. The molecule has 1 rings (SSSR count). The fourth-order valence-electron chi connectivity index (χ4n) is 1.55. The van der Waals surface area contributed by atoms with E-state index in [4.69, 9.17) is 14.6 Å².